The van der Waals surface area contributed by atoms with E-state index in [-0.39, 0.29) is 0 Å². The molecule has 1 rings (SSSR count). The maximum atomic E-state index is 13.2. The van der Waals surface area contributed by atoms with Crippen LogP contribution in [0.25, 0.3) is 0 Å². The number of hydrogen-bond acceptors (Lipinski definition) is 3. The monoisotopic (exact) mass is 361 g/mol. The lowest BCUT2D eigenvalue weighted by atomic mass is 10.2. The van der Waals surface area contributed by atoms with Gasteiger partial charge >= 0.3 is 23.9 Å². The van der Waals surface area contributed by atoms with Crippen molar-refractivity contribution in [2.24, 2.45) is 0 Å². The molecular weight excluding hydrogens is 360 g/mol. The van der Waals surface area contributed by atoms with Gasteiger partial charge in [0.2, 0.25) is 17.4 Å². The van der Waals surface area contributed by atoms with Gasteiger partial charge in [-0.15, -0.1) is 0 Å². The molecule has 0 bridgehead atoms. The Hall–Kier alpha value is -2.28. The van der Waals surface area contributed by atoms with Gasteiger partial charge in [0.05, 0.1) is 11.0 Å². The van der Waals surface area contributed by atoms with Gasteiger partial charge in [0, 0.05) is 0 Å². The summed E-state index contributed by atoms with van der Waals surface area (Å²) in [7, 11) is 0. The van der Waals surface area contributed by atoms with E-state index in [0.717, 1.165) is 0 Å². The summed E-state index contributed by atoms with van der Waals surface area (Å²) in [4.78, 5) is 8.49. The molecular formula is C9HF10NO3. The van der Waals surface area contributed by atoms with Gasteiger partial charge in [-0.1, -0.05) is 0 Å². The van der Waals surface area contributed by atoms with E-state index in [2.05, 4.69) is 4.74 Å². The number of benzene rings is 1. The Morgan fingerprint density at radius 3 is 1.83 bits per heavy atom. The maximum Gasteiger partial charge on any atom is 0.474 e. The van der Waals surface area contributed by atoms with Crippen LogP contribution in [0.5, 0.6) is 5.75 Å². The first-order chi connectivity index (χ1) is 10.1. The Balaban J connectivity index is 3.40. The number of halogens is 10. The predicted octanol–water partition coefficient (Wildman–Crippen LogP) is 4.18. The van der Waals surface area contributed by atoms with E-state index in [4.69, 9.17) is 0 Å². The van der Waals surface area contributed by atoms with Gasteiger partial charge in [-0.3, -0.25) is 10.1 Å². The second-order valence-corrected chi connectivity index (χ2v) is 3.78. The van der Waals surface area contributed by atoms with Gasteiger partial charge in [-0.2, -0.15) is 39.5 Å². The van der Waals surface area contributed by atoms with E-state index in [1.165, 1.54) is 0 Å². The van der Waals surface area contributed by atoms with Crippen LogP contribution in [0.1, 0.15) is 0 Å². The van der Waals surface area contributed by atoms with Gasteiger partial charge in [0.15, 0.2) is 5.82 Å². The fraction of sp³-hybridized carbons (Fsp3) is 0.333. The molecule has 4 nitrogen and oxygen atoms in total. The number of nitrogens with zero attached hydrogens (tertiary/aromatic N) is 1. The number of nitro groups is 1. The molecule has 0 amide bonds. The zero-order valence-electron chi connectivity index (χ0n) is 10.0. The number of hydrogen-bond donors (Lipinski definition) is 0. The molecule has 0 heterocycles. The minimum absolute atomic E-state index is 0.532. The molecule has 130 valence electrons. The van der Waals surface area contributed by atoms with Crippen molar-refractivity contribution in [1.29, 1.82) is 0 Å². The second kappa shape index (κ2) is 5.42. The van der Waals surface area contributed by atoms with Crippen molar-refractivity contribution in [3.63, 3.8) is 0 Å². The lowest BCUT2D eigenvalue weighted by Gasteiger charge is -2.27. The Labute approximate surface area is 118 Å². The highest BCUT2D eigenvalue weighted by atomic mass is 19.4. The minimum Gasteiger partial charge on any atom is -0.421 e. The van der Waals surface area contributed by atoms with Crippen molar-refractivity contribution in [3.8, 4) is 5.75 Å². The number of rotatable bonds is 4. The molecule has 14 heteroatoms. The quantitative estimate of drug-likeness (QED) is 0.350. The molecule has 23 heavy (non-hydrogen) atoms. The van der Waals surface area contributed by atoms with Crippen molar-refractivity contribution >= 4 is 5.69 Å². The number of ether oxygens (including phenoxy) is 1. The first kappa shape index (κ1) is 18.8. The summed E-state index contributed by atoms with van der Waals surface area (Å²) in [5.74, 6) is -17.5. The zero-order chi connectivity index (χ0) is 18.4. The summed E-state index contributed by atoms with van der Waals surface area (Å²) >= 11 is 0. The van der Waals surface area contributed by atoms with E-state index < -0.39 is 58.1 Å². The molecule has 0 saturated carbocycles. The topological polar surface area (TPSA) is 52.4 Å². The summed E-state index contributed by atoms with van der Waals surface area (Å²) < 4.78 is 128. The smallest absolute Gasteiger partial charge is 0.421 e. The molecule has 0 spiro atoms. The molecule has 0 fully saturated rings. The van der Waals surface area contributed by atoms with Gasteiger partial charge < -0.3 is 4.74 Å². The third kappa shape index (κ3) is 3.10. The molecule has 0 radical (unpaired) electrons. The van der Waals surface area contributed by atoms with E-state index in [0.29, 0.717) is 0 Å². The van der Waals surface area contributed by atoms with Crippen LogP contribution in [0, 0.1) is 27.6 Å². The third-order valence-corrected chi connectivity index (χ3v) is 2.25. The van der Waals surface area contributed by atoms with Crippen LogP contribution in [-0.4, -0.2) is 23.1 Å². The molecule has 0 N–H and O–H groups in total. The molecule has 0 atom stereocenters. The number of nitro benzene ring substituents is 1. The largest absolute Gasteiger partial charge is 0.474 e. The molecule has 0 aliphatic carbocycles. The molecule has 1 aromatic rings. The lowest BCUT2D eigenvalue weighted by molar-refractivity contribution is -0.403. The highest BCUT2D eigenvalue weighted by molar-refractivity contribution is 5.41. The maximum absolute atomic E-state index is 13.2. The van der Waals surface area contributed by atoms with Crippen LogP contribution >= 0.6 is 0 Å². The van der Waals surface area contributed by atoms with Gasteiger partial charge in [0.1, 0.15) is 0 Å². The van der Waals surface area contributed by atoms with Gasteiger partial charge in [-0.25, -0.2) is 4.39 Å². The normalized spacial score (nSPS) is 13.1. The van der Waals surface area contributed by atoms with Crippen molar-refractivity contribution in [3.05, 3.63) is 33.6 Å². The number of alkyl halides is 7. The van der Waals surface area contributed by atoms with Crippen LogP contribution in [-0.2, 0) is 0 Å². The van der Waals surface area contributed by atoms with E-state index in [1.54, 1.807) is 0 Å². The summed E-state index contributed by atoms with van der Waals surface area (Å²) in [6.07, 6.45) is -13.4. The molecule has 0 saturated heterocycles. The highest BCUT2D eigenvalue weighted by Crippen LogP contribution is 2.48. The molecule has 0 unspecified atom stereocenters. The SMILES string of the molecule is O=[N+]([O-])c1cc(F)c(OC(F)(F)C(F)(F)C(F)(F)F)c(F)c1F. The second-order valence-electron chi connectivity index (χ2n) is 3.78. The average molecular weight is 361 g/mol. The van der Waals surface area contributed by atoms with Crippen molar-refractivity contribution < 1.29 is 53.6 Å². The van der Waals surface area contributed by atoms with Crippen molar-refractivity contribution in [2.45, 2.75) is 18.2 Å². The van der Waals surface area contributed by atoms with Crippen LogP contribution in [0.3, 0.4) is 0 Å². The molecule has 1 aromatic carbocycles. The first-order valence-electron chi connectivity index (χ1n) is 4.96. The minimum atomic E-state index is -6.89. The van der Waals surface area contributed by atoms with Crippen molar-refractivity contribution in [2.75, 3.05) is 0 Å². The average Bonchev–Trinajstić information content (AvgIpc) is 2.37. The lowest BCUT2D eigenvalue weighted by Crippen LogP contribution is -2.55. The van der Waals surface area contributed by atoms with Crippen LogP contribution in [0.2, 0.25) is 0 Å². The van der Waals surface area contributed by atoms with Crippen LogP contribution < -0.4 is 4.74 Å². The molecule has 0 aliphatic rings. The fourth-order valence-corrected chi connectivity index (χ4v) is 1.15. The highest BCUT2D eigenvalue weighted by Gasteiger charge is 2.76. The van der Waals surface area contributed by atoms with Gasteiger partial charge in [0.25, 0.3) is 0 Å². The Bertz CT molecular complexity index is 641. The Morgan fingerprint density at radius 2 is 1.43 bits per heavy atom. The Kier molecular flexibility index (Phi) is 4.42. The third-order valence-electron chi connectivity index (χ3n) is 2.25. The summed E-state index contributed by atoms with van der Waals surface area (Å²) in [5, 5.41) is 10.2. The molecule has 0 aromatic heterocycles. The van der Waals surface area contributed by atoms with Crippen molar-refractivity contribution in [1.82, 2.24) is 0 Å². The predicted molar refractivity (Wildman–Crippen MR) is 49.5 cm³/mol. The van der Waals surface area contributed by atoms with E-state index in [9.17, 15) is 54.0 Å². The zero-order valence-corrected chi connectivity index (χ0v) is 10.0. The van der Waals surface area contributed by atoms with Gasteiger partial charge in [-0.05, 0) is 0 Å². The standard InChI is InChI=1S/C9HF10NO3/c10-2-1-3(20(21)22)4(11)5(12)6(2)23-9(18,19)7(13,14)8(15,16)17/h1H. The Morgan fingerprint density at radius 1 is 0.957 bits per heavy atom. The van der Waals surface area contributed by atoms with Crippen LogP contribution in [0.4, 0.5) is 49.6 Å². The van der Waals surface area contributed by atoms with E-state index >= 15 is 0 Å². The first-order valence-corrected chi connectivity index (χ1v) is 4.96. The summed E-state index contributed by atoms with van der Waals surface area (Å²) in [6.45, 7) is 0. The molecule has 0 aliphatic heterocycles. The summed E-state index contributed by atoms with van der Waals surface area (Å²) in [6, 6.07) is -0.532. The fourth-order valence-electron chi connectivity index (χ4n) is 1.15. The van der Waals surface area contributed by atoms with Crippen LogP contribution in [0.15, 0.2) is 6.07 Å². The summed E-state index contributed by atoms with van der Waals surface area (Å²) in [5.41, 5.74) is -1.92. The van der Waals surface area contributed by atoms with E-state index in [1.807, 2.05) is 0 Å².